The largest absolute Gasteiger partial charge is 0.459 e. The maximum atomic E-state index is 13.7. The number of ether oxygens (including phenoxy) is 2. The van der Waals surface area contributed by atoms with E-state index in [1.165, 1.54) is 4.52 Å². The zero-order valence-electron chi connectivity index (χ0n) is 21.8. The maximum absolute atomic E-state index is 13.7. The number of aryl methyl sites for hydroxylation is 1. The Morgan fingerprint density at radius 2 is 1.76 bits per heavy atom. The van der Waals surface area contributed by atoms with Gasteiger partial charge >= 0.3 is 5.97 Å². The number of benzene rings is 1. The molecule has 3 heterocycles. The minimum Gasteiger partial charge on any atom is -0.459 e. The number of fused-ring (bicyclic) bond motifs is 1. The van der Waals surface area contributed by atoms with Crippen molar-refractivity contribution in [2.24, 2.45) is 17.8 Å². The third kappa shape index (κ3) is 4.62. The fourth-order valence-electron chi connectivity index (χ4n) is 5.86. The fourth-order valence-corrected chi connectivity index (χ4v) is 5.86. The molecule has 0 spiro atoms. The normalized spacial score (nSPS) is 24.1. The highest BCUT2D eigenvalue weighted by molar-refractivity contribution is 6.11. The summed E-state index contributed by atoms with van der Waals surface area (Å²) in [6.45, 7) is 18.0. The van der Waals surface area contributed by atoms with Crippen molar-refractivity contribution in [2.45, 2.75) is 46.6 Å². The molecule has 2 aliphatic rings. The molecular formula is C28H33N5O4. The number of nitrogens with zero attached hydrogens (tertiary/aromatic N) is 4. The van der Waals surface area contributed by atoms with Crippen molar-refractivity contribution >= 4 is 23.2 Å². The van der Waals surface area contributed by atoms with Crippen LogP contribution >= 0.6 is 0 Å². The van der Waals surface area contributed by atoms with Crippen molar-refractivity contribution in [1.29, 1.82) is 0 Å². The molecule has 2 fully saturated rings. The lowest BCUT2D eigenvalue weighted by molar-refractivity contribution is -0.0249. The van der Waals surface area contributed by atoms with Gasteiger partial charge in [-0.15, -0.1) is 0 Å². The summed E-state index contributed by atoms with van der Waals surface area (Å²) in [5.74, 6) is 0.536. The summed E-state index contributed by atoms with van der Waals surface area (Å²) in [6.07, 6.45) is 1.69. The molecule has 3 aromatic rings. The first-order valence-electron chi connectivity index (χ1n) is 12.9. The van der Waals surface area contributed by atoms with E-state index in [0.29, 0.717) is 38.0 Å². The van der Waals surface area contributed by atoms with Crippen LogP contribution < -0.4 is 0 Å². The Labute approximate surface area is 216 Å². The van der Waals surface area contributed by atoms with E-state index >= 15 is 0 Å². The highest BCUT2D eigenvalue weighted by atomic mass is 16.5. The van der Waals surface area contributed by atoms with Gasteiger partial charge in [-0.3, -0.25) is 9.89 Å². The van der Waals surface area contributed by atoms with Gasteiger partial charge in [-0.1, -0.05) is 50.6 Å². The number of H-pyrrole nitrogens is 1. The second-order valence-electron chi connectivity index (χ2n) is 10.6. The first kappa shape index (κ1) is 25.0. The fraction of sp³-hybridized carbons (Fsp3) is 0.500. The zero-order chi connectivity index (χ0) is 26.3. The standard InChI is InChI=1S/C28H33N5O4/c1-16-6-8-20(9-7-16)25-30-26-21(28(35)37-24-18(3)14-17(2)15-19(24)4)22(29-5)23(33(26)31-25)27(34)32-10-12-36-13-11-32/h6-9,17-19,24H,10-15H2,1-4H3,(H,30,31). The van der Waals surface area contributed by atoms with Gasteiger partial charge in [0.1, 0.15) is 17.4 Å². The van der Waals surface area contributed by atoms with Crippen molar-refractivity contribution in [3.8, 4) is 11.4 Å². The van der Waals surface area contributed by atoms with Gasteiger partial charge < -0.3 is 14.4 Å². The molecule has 0 radical (unpaired) electrons. The Hall–Kier alpha value is -3.64. The van der Waals surface area contributed by atoms with E-state index in [1.807, 2.05) is 31.2 Å². The predicted octanol–water partition coefficient (Wildman–Crippen LogP) is 4.89. The van der Waals surface area contributed by atoms with Crippen LogP contribution in [0.1, 0.15) is 60.0 Å². The van der Waals surface area contributed by atoms with Gasteiger partial charge in [-0.05, 0) is 37.5 Å². The van der Waals surface area contributed by atoms with Crippen LogP contribution in [0.15, 0.2) is 24.3 Å². The molecule has 1 saturated carbocycles. The molecule has 1 amide bonds. The minimum atomic E-state index is -0.607. The molecule has 2 atom stereocenters. The number of rotatable bonds is 4. The highest BCUT2D eigenvalue weighted by Gasteiger charge is 2.38. The summed E-state index contributed by atoms with van der Waals surface area (Å²) in [5.41, 5.74) is 2.26. The summed E-state index contributed by atoms with van der Waals surface area (Å²) in [5, 5.41) is 3.17. The maximum Gasteiger partial charge on any atom is 0.331 e. The van der Waals surface area contributed by atoms with Crippen LogP contribution in [-0.2, 0) is 9.47 Å². The van der Waals surface area contributed by atoms with Crippen molar-refractivity contribution in [2.75, 3.05) is 26.3 Å². The molecule has 2 unspecified atom stereocenters. The lowest BCUT2D eigenvalue weighted by atomic mass is 9.75. The highest BCUT2D eigenvalue weighted by Crippen LogP contribution is 2.38. The summed E-state index contributed by atoms with van der Waals surface area (Å²) in [4.78, 5) is 37.4. The molecule has 2 aromatic heterocycles. The average Bonchev–Trinajstić information content (AvgIpc) is 3.43. The molecule has 1 aromatic carbocycles. The number of hydrogen-bond acceptors (Lipinski definition) is 5. The molecule has 0 bridgehead atoms. The van der Waals surface area contributed by atoms with E-state index < -0.39 is 5.97 Å². The van der Waals surface area contributed by atoms with Gasteiger partial charge in [0.05, 0.1) is 19.8 Å². The molecule has 5 rings (SSSR count). The summed E-state index contributed by atoms with van der Waals surface area (Å²) in [6, 6.07) is 7.80. The average molecular weight is 504 g/mol. The lowest BCUT2D eigenvalue weighted by Crippen LogP contribution is -2.41. The van der Waals surface area contributed by atoms with E-state index in [2.05, 4.69) is 30.7 Å². The van der Waals surface area contributed by atoms with Crippen molar-refractivity contribution in [1.82, 2.24) is 19.5 Å². The molecular weight excluding hydrogens is 470 g/mol. The van der Waals surface area contributed by atoms with E-state index in [9.17, 15) is 9.59 Å². The van der Waals surface area contributed by atoms with E-state index in [-0.39, 0.29) is 46.4 Å². The summed E-state index contributed by atoms with van der Waals surface area (Å²) in [7, 11) is 0. The second-order valence-corrected chi connectivity index (χ2v) is 10.6. The number of morpholine rings is 1. The van der Waals surface area contributed by atoms with Crippen molar-refractivity contribution < 1.29 is 19.1 Å². The van der Waals surface area contributed by atoms with Crippen LogP contribution in [0, 0.1) is 31.2 Å². The zero-order valence-corrected chi connectivity index (χ0v) is 21.8. The van der Waals surface area contributed by atoms with Crippen molar-refractivity contribution in [3.63, 3.8) is 0 Å². The predicted molar refractivity (Wildman–Crippen MR) is 139 cm³/mol. The van der Waals surface area contributed by atoms with Crippen LogP contribution in [0.2, 0.25) is 0 Å². The van der Waals surface area contributed by atoms with Crippen molar-refractivity contribution in [3.05, 3.63) is 52.5 Å². The Kier molecular flexibility index (Phi) is 6.78. The molecule has 1 aliphatic carbocycles. The molecule has 1 saturated heterocycles. The van der Waals surface area contributed by atoms with Gasteiger partial charge in [0.2, 0.25) is 5.69 Å². The number of esters is 1. The Bertz CT molecular complexity index is 1350. The third-order valence-corrected chi connectivity index (χ3v) is 7.61. The molecule has 1 N–H and O–H groups in total. The number of carbonyl (C=O) groups excluding carboxylic acids is 2. The van der Waals surface area contributed by atoms with Crippen LogP contribution in [0.4, 0.5) is 5.69 Å². The minimum absolute atomic E-state index is 0.0276. The first-order valence-corrected chi connectivity index (χ1v) is 12.9. The summed E-state index contributed by atoms with van der Waals surface area (Å²) < 4.78 is 13.0. The van der Waals surface area contributed by atoms with E-state index in [4.69, 9.17) is 21.0 Å². The van der Waals surface area contributed by atoms with E-state index in [1.54, 1.807) is 4.90 Å². The molecule has 9 heteroatoms. The topological polar surface area (TPSA) is 93.3 Å². The number of amides is 1. The van der Waals surface area contributed by atoms with Crippen LogP contribution in [0.5, 0.6) is 0 Å². The lowest BCUT2D eigenvalue weighted by Gasteiger charge is -2.37. The summed E-state index contributed by atoms with van der Waals surface area (Å²) >= 11 is 0. The van der Waals surface area contributed by atoms with Gasteiger partial charge in [0, 0.05) is 18.7 Å². The van der Waals surface area contributed by atoms with Gasteiger partial charge in [-0.2, -0.15) is 0 Å². The number of aromatic amines is 1. The Morgan fingerprint density at radius 1 is 1.11 bits per heavy atom. The monoisotopic (exact) mass is 503 g/mol. The number of aromatic nitrogens is 3. The number of hydrogen-bond donors (Lipinski definition) is 1. The molecule has 37 heavy (non-hydrogen) atoms. The smallest absolute Gasteiger partial charge is 0.331 e. The van der Waals surface area contributed by atoms with Gasteiger partial charge in [0.15, 0.2) is 11.5 Å². The third-order valence-electron chi connectivity index (χ3n) is 7.61. The van der Waals surface area contributed by atoms with E-state index in [0.717, 1.165) is 24.0 Å². The number of nitrogens with one attached hydrogen (secondary N) is 1. The first-order chi connectivity index (χ1) is 17.8. The molecule has 9 nitrogen and oxygen atoms in total. The van der Waals surface area contributed by atoms with Crippen LogP contribution in [0.3, 0.4) is 0 Å². The molecule has 1 aliphatic heterocycles. The van der Waals surface area contributed by atoms with Crippen LogP contribution in [0.25, 0.3) is 21.9 Å². The SMILES string of the molecule is [C-]#[N+]c1c(C(=O)OC2C(C)CC(C)CC2C)c2nc(-c3ccc(C)cc3)[nH]n2c1C(=O)N1CCOCC1. The Balaban J connectivity index is 1.61. The quantitative estimate of drug-likeness (QED) is 0.404. The van der Waals surface area contributed by atoms with Crippen LogP contribution in [-0.4, -0.2) is 63.8 Å². The van der Waals surface area contributed by atoms with Gasteiger partial charge in [-0.25, -0.2) is 19.1 Å². The van der Waals surface area contributed by atoms with Gasteiger partial charge in [0.25, 0.3) is 5.91 Å². The molecule has 194 valence electrons. The Morgan fingerprint density at radius 3 is 2.38 bits per heavy atom. The second kappa shape index (κ2) is 10.0. The number of carbonyl (C=O) groups is 2.